The Kier molecular flexibility index (Phi) is 6.70. The first kappa shape index (κ1) is 17.3. The van der Waals surface area contributed by atoms with Crippen LogP contribution in [0.3, 0.4) is 0 Å². The molecule has 0 aromatic carbocycles. The summed E-state index contributed by atoms with van der Waals surface area (Å²) in [6.07, 6.45) is 5.22. The summed E-state index contributed by atoms with van der Waals surface area (Å²) >= 11 is 1.79. The Hall–Kier alpha value is -1.07. The molecule has 1 aromatic rings. The molecule has 0 aliphatic heterocycles. The summed E-state index contributed by atoms with van der Waals surface area (Å²) in [6, 6.07) is 4.26. The molecular weight excluding hydrogens is 294 g/mol. The van der Waals surface area contributed by atoms with Crippen molar-refractivity contribution in [2.45, 2.75) is 57.5 Å². The number of rotatable bonds is 6. The zero-order chi connectivity index (χ0) is 15.8. The van der Waals surface area contributed by atoms with Crippen LogP contribution in [0, 0.1) is 0 Å². The molecule has 0 amide bonds. The number of aliphatic imine (C=N–C) groups is 1. The fourth-order valence-electron chi connectivity index (χ4n) is 2.86. The van der Waals surface area contributed by atoms with E-state index in [1.807, 2.05) is 0 Å². The second kappa shape index (κ2) is 8.53. The van der Waals surface area contributed by atoms with Crippen molar-refractivity contribution < 1.29 is 5.11 Å². The lowest BCUT2D eigenvalue weighted by molar-refractivity contribution is 0.0131. The number of hydrogen-bond acceptors (Lipinski definition) is 3. The van der Waals surface area contributed by atoms with Crippen LogP contribution >= 0.6 is 11.3 Å². The second-order valence-electron chi connectivity index (χ2n) is 6.28. The normalized spacial score (nSPS) is 19.7. The van der Waals surface area contributed by atoms with E-state index in [2.05, 4.69) is 47.0 Å². The molecule has 1 aliphatic rings. The van der Waals surface area contributed by atoms with Crippen LogP contribution in [-0.2, 0) is 0 Å². The molecule has 1 atom stereocenters. The van der Waals surface area contributed by atoms with Gasteiger partial charge in [-0.1, -0.05) is 32.3 Å². The van der Waals surface area contributed by atoms with E-state index in [4.69, 9.17) is 0 Å². The number of nitrogens with zero attached hydrogens (tertiary/aromatic N) is 1. The van der Waals surface area contributed by atoms with Crippen molar-refractivity contribution in [1.29, 1.82) is 0 Å². The Labute approximate surface area is 138 Å². The Bertz CT molecular complexity index is 452. The molecular formula is C17H29N3OS. The van der Waals surface area contributed by atoms with E-state index >= 15 is 0 Å². The van der Waals surface area contributed by atoms with Gasteiger partial charge in [0, 0.05) is 23.9 Å². The van der Waals surface area contributed by atoms with E-state index in [-0.39, 0.29) is 0 Å². The molecule has 2 rings (SSSR count). The topological polar surface area (TPSA) is 56.7 Å². The number of hydrogen-bond donors (Lipinski definition) is 3. The molecule has 22 heavy (non-hydrogen) atoms. The smallest absolute Gasteiger partial charge is 0.191 e. The van der Waals surface area contributed by atoms with Crippen molar-refractivity contribution in [3.8, 4) is 0 Å². The maximum atomic E-state index is 10.6. The summed E-state index contributed by atoms with van der Waals surface area (Å²) in [4.78, 5) is 5.99. The largest absolute Gasteiger partial charge is 0.388 e. The van der Waals surface area contributed by atoms with E-state index < -0.39 is 5.60 Å². The van der Waals surface area contributed by atoms with E-state index in [1.54, 1.807) is 11.3 Å². The van der Waals surface area contributed by atoms with Gasteiger partial charge in [-0.05, 0) is 31.2 Å². The third-order valence-corrected chi connectivity index (χ3v) is 5.37. The van der Waals surface area contributed by atoms with Crippen molar-refractivity contribution in [1.82, 2.24) is 10.6 Å². The maximum absolute atomic E-state index is 10.6. The fourth-order valence-corrected chi connectivity index (χ4v) is 3.65. The van der Waals surface area contributed by atoms with Crippen molar-refractivity contribution in [3.05, 3.63) is 22.4 Å². The molecule has 1 unspecified atom stereocenters. The molecule has 4 nitrogen and oxygen atoms in total. The lowest BCUT2D eigenvalue weighted by Gasteiger charge is -2.30. The molecule has 1 aromatic heterocycles. The molecule has 0 bridgehead atoms. The van der Waals surface area contributed by atoms with Crippen molar-refractivity contribution in [2.75, 3.05) is 19.6 Å². The third-order valence-electron chi connectivity index (χ3n) is 4.26. The first-order valence-electron chi connectivity index (χ1n) is 8.41. The van der Waals surface area contributed by atoms with E-state index in [0.29, 0.717) is 12.5 Å². The average molecular weight is 324 g/mol. The van der Waals surface area contributed by atoms with E-state index in [9.17, 15) is 5.11 Å². The summed E-state index contributed by atoms with van der Waals surface area (Å²) in [7, 11) is 0. The fraction of sp³-hybridized carbons (Fsp3) is 0.706. The van der Waals surface area contributed by atoms with E-state index in [1.165, 1.54) is 11.3 Å². The van der Waals surface area contributed by atoms with Crippen molar-refractivity contribution in [3.63, 3.8) is 0 Å². The van der Waals surface area contributed by atoms with Crippen LogP contribution in [-0.4, -0.2) is 36.3 Å². The van der Waals surface area contributed by atoms with Gasteiger partial charge in [0.2, 0.25) is 0 Å². The van der Waals surface area contributed by atoms with Crippen LogP contribution in [0.15, 0.2) is 22.5 Å². The van der Waals surface area contributed by atoms with Gasteiger partial charge in [-0.2, -0.15) is 0 Å². The minimum absolute atomic E-state index is 0.460. The van der Waals surface area contributed by atoms with Gasteiger partial charge in [0.15, 0.2) is 5.96 Å². The van der Waals surface area contributed by atoms with Gasteiger partial charge < -0.3 is 15.7 Å². The zero-order valence-electron chi connectivity index (χ0n) is 13.8. The van der Waals surface area contributed by atoms with Crippen LogP contribution in [0.5, 0.6) is 0 Å². The number of aliphatic hydroxyl groups is 1. The summed E-state index contributed by atoms with van der Waals surface area (Å²) < 4.78 is 0. The molecule has 0 radical (unpaired) electrons. The summed E-state index contributed by atoms with van der Waals surface area (Å²) in [6.45, 7) is 6.46. The molecule has 5 heteroatoms. The second-order valence-corrected chi connectivity index (χ2v) is 7.26. The predicted octanol–water partition coefficient (Wildman–Crippen LogP) is 3.10. The molecule has 124 valence electrons. The number of guanidine groups is 1. The highest BCUT2D eigenvalue weighted by molar-refractivity contribution is 7.10. The van der Waals surface area contributed by atoms with Gasteiger partial charge in [-0.15, -0.1) is 11.3 Å². The summed E-state index contributed by atoms with van der Waals surface area (Å²) in [5.74, 6) is 1.27. The average Bonchev–Trinajstić information content (AvgIpc) is 3.05. The highest BCUT2D eigenvalue weighted by atomic mass is 32.1. The van der Waals surface area contributed by atoms with Crippen LogP contribution in [0.25, 0.3) is 0 Å². The molecule has 1 aliphatic carbocycles. The van der Waals surface area contributed by atoms with Gasteiger partial charge in [-0.3, -0.25) is 4.99 Å². The molecule has 1 heterocycles. The van der Waals surface area contributed by atoms with Gasteiger partial charge >= 0.3 is 0 Å². The van der Waals surface area contributed by atoms with Crippen LogP contribution in [0.4, 0.5) is 0 Å². The number of nitrogens with one attached hydrogen (secondary N) is 2. The lowest BCUT2D eigenvalue weighted by Crippen LogP contribution is -2.41. The number of thiophene rings is 1. The minimum atomic E-state index is -0.597. The van der Waals surface area contributed by atoms with E-state index in [0.717, 1.165) is 44.7 Å². The highest BCUT2D eigenvalue weighted by Crippen LogP contribution is 2.28. The Morgan fingerprint density at radius 2 is 2.14 bits per heavy atom. The third kappa shape index (κ3) is 5.29. The molecule has 3 N–H and O–H groups in total. The molecule has 0 spiro atoms. The first-order valence-corrected chi connectivity index (χ1v) is 9.29. The minimum Gasteiger partial charge on any atom is -0.388 e. The Morgan fingerprint density at radius 1 is 1.36 bits per heavy atom. The standard InChI is InChI=1S/C17H29N3OS/c1-3-18-16(19-12-14(2)15-8-7-11-22-15)20-13-17(21)9-5-4-6-10-17/h7-8,11,14,21H,3-6,9-10,12-13H2,1-2H3,(H2,18,19,20). The van der Waals surface area contributed by atoms with Crippen molar-refractivity contribution >= 4 is 17.3 Å². The predicted molar refractivity (Wildman–Crippen MR) is 94.8 cm³/mol. The summed E-state index contributed by atoms with van der Waals surface area (Å²) in [5.41, 5.74) is -0.597. The monoisotopic (exact) mass is 323 g/mol. The van der Waals surface area contributed by atoms with Gasteiger partial charge in [0.25, 0.3) is 0 Å². The molecule has 0 saturated heterocycles. The van der Waals surface area contributed by atoms with Crippen LogP contribution < -0.4 is 10.6 Å². The van der Waals surface area contributed by atoms with Crippen molar-refractivity contribution in [2.24, 2.45) is 4.99 Å². The van der Waals surface area contributed by atoms with Crippen LogP contribution in [0.1, 0.15) is 56.7 Å². The molecule has 1 saturated carbocycles. The highest BCUT2D eigenvalue weighted by Gasteiger charge is 2.28. The maximum Gasteiger partial charge on any atom is 0.191 e. The first-order chi connectivity index (χ1) is 10.6. The molecule has 1 fully saturated rings. The Morgan fingerprint density at radius 3 is 2.77 bits per heavy atom. The SMILES string of the molecule is CCNC(=NCC1(O)CCCCC1)NCC(C)c1cccs1. The van der Waals surface area contributed by atoms with Gasteiger partial charge in [-0.25, -0.2) is 0 Å². The van der Waals surface area contributed by atoms with Gasteiger partial charge in [0.1, 0.15) is 0 Å². The zero-order valence-corrected chi connectivity index (χ0v) is 14.6. The van der Waals surface area contributed by atoms with Crippen LogP contribution in [0.2, 0.25) is 0 Å². The quantitative estimate of drug-likeness (QED) is 0.557. The lowest BCUT2D eigenvalue weighted by atomic mass is 9.85. The summed E-state index contributed by atoms with van der Waals surface area (Å²) in [5, 5.41) is 19.3. The van der Waals surface area contributed by atoms with Gasteiger partial charge in [0.05, 0.1) is 12.1 Å². The Balaban J connectivity index is 1.86.